The van der Waals surface area contributed by atoms with E-state index >= 15 is 0 Å². The quantitative estimate of drug-likeness (QED) is 0.661. The molecular weight excluding hydrogens is 388 g/mol. The summed E-state index contributed by atoms with van der Waals surface area (Å²) in [7, 11) is 1.61. The van der Waals surface area contributed by atoms with Gasteiger partial charge in [0.25, 0.3) is 5.91 Å². The number of aliphatic imine (C=N–C) groups is 1. The highest BCUT2D eigenvalue weighted by molar-refractivity contribution is 8.18. The minimum Gasteiger partial charge on any atom is -0.504 e. The molecule has 0 aromatic heterocycles. The third-order valence-electron chi connectivity index (χ3n) is 4.25. The van der Waals surface area contributed by atoms with Crippen LogP contribution in [0.15, 0.2) is 52.4 Å². The van der Waals surface area contributed by atoms with Crippen molar-refractivity contribution in [1.82, 2.24) is 4.90 Å². The Hall–Kier alpha value is -2.93. The molecule has 0 radical (unpaired) electrons. The Bertz CT molecular complexity index is 938. The maximum Gasteiger partial charge on any atom is 0.266 e. The molecule has 1 heterocycles. The number of amides is 1. The first-order chi connectivity index (χ1) is 14.1. The van der Waals surface area contributed by atoms with E-state index in [-0.39, 0.29) is 11.7 Å². The number of thioether (sulfide) groups is 1. The van der Waals surface area contributed by atoms with E-state index in [1.807, 2.05) is 38.1 Å². The summed E-state index contributed by atoms with van der Waals surface area (Å²) in [6.45, 7) is 4.89. The number of methoxy groups -OCH3 is 1. The van der Waals surface area contributed by atoms with Gasteiger partial charge in [0, 0.05) is 12.1 Å². The smallest absolute Gasteiger partial charge is 0.266 e. The number of rotatable bonds is 7. The Kier molecular flexibility index (Phi) is 6.82. The van der Waals surface area contributed by atoms with Crippen molar-refractivity contribution >= 4 is 34.6 Å². The maximum absolute atomic E-state index is 12.9. The van der Waals surface area contributed by atoms with Crippen molar-refractivity contribution < 1.29 is 19.4 Å². The Labute approximate surface area is 174 Å². The molecule has 152 valence electrons. The van der Waals surface area contributed by atoms with E-state index in [4.69, 9.17) is 9.47 Å². The number of amidine groups is 1. The van der Waals surface area contributed by atoms with Gasteiger partial charge in [-0.3, -0.25) is 9.69 Å². The molecule has 1 fully saturated rings. The molecule has 0 atom stereocenters. The fourth-order valence-electron chi connectivity index (χ4n) is 2.85. The van der Waals surface area contributed by atoms with Crippen LogP contribution in [-0.4, -0.2) is 41.3 Å². The zero-order valence-electron chi connectivity index (χ0n) is 16.7. The summed E-state index contributed by atoms with van der Waals surface area (Å²) in [6.07, 6.45) is 2.50. The predicted molar refractivity (Wildman–Crippen MR) is 117 cm³/mol. The van der Waals surface area contributed by atoms with E-state index in [9.17, 15) is 9.90 Å². The van der Waals surface area contributed by atoms with Crippen LogP contribution >= 0.6 is 11.8 Å². The van der Waals surface area contributed by atoms with E-state index in [1.165, 1.54) is 11.8 Å². The molecule has 2 aromatic rings. The van der Waals surface area contributed by atoms with Gasteiger partial charge >= 0.3 is 0 Å². The second-order valence-electron chi connectivity index (χ2n) is 6.29. The molecule has 1 aliphatic heterocycles. The summed E-state index contributed by atoms with van der Waals surface area (Å²) in [6, 6.07) is 12.6. The van der Waals surface area contributed by atoms with Crippen LogP contribution in [0.4, 0.5) is 5.69 Å². The Balaban J connectivity index is 1.93. The molecule has 6 nitrogen and oxygen atoms in total. The van der Waals surface area contributed by atoms with Crippen LogP contribution in [0.25, 0.3) is 6.08 Å². The van der Waals surface area contributed by atoms with E-state index in [2.05, 4.69) is 4.99 Å². The minimum atomic E-state index is -0.120. The Morgan fingerprint density at radius 3 is 2.59 bits per heavy atom. The molecule has 3 rings (SSSR count). The topological polar surface area (TPSA) is 71.4 Å². The molecular formula is C22H24N2O4S. The first-order valence-corrected chi connectivity index (χ1v) is 10.3. The van der Waals surface area contributed by atoms with Crippen molar-refractivity contribution in [2.45, 2.75) is 20.3 Å². The zero-order chi connectivity index (χ0) is 20.8. The number of nitrogens with zero attached hydrogens (tertiary/aromatic N) is 2. The monoisotopic (exact) mass is 412 g/mol. The lowest BCUT2D eigenvalue weighted by Gasteiger charge is -2.14. The average molecular weight is 413 g/mol. The lowest BCUT2D eigenvalue weighted by Crippen LogP contribution is -2.29. The molecule has 1 aliphatic rings. The number of hydrogen-bond donors (Lipinski definition) is 1. The Morgan fingerprint density at radius 2 is 1.93 bits per heavy atom. The summed E-state index contributed by atoms with van der Waals surface area (Å²) in [5.41, 5.74) is 1.28. The van der Waals surface area contributed by atoms with Crippen molar-refractivity contribution in [3.05, 3.63) is 52.9 Å². The van der Waals surface area contributed by atoms with Crippen LogP contribution in [0.3, 0.4) is 0 Å². The molecule has 0 unspecified atom stereocenters. The second kappa shape index (κ2) is 9.52. The molecule has 29 heavy (non-hydrogen) atoms. The predicted octanol–water partition coefficient (Wildman–Crippen LogP) is 4.81. The minimum absolute atomic E-state index is 0.0258. The lowest BCUT2D eigenvalue weighted by molar-refractivity contribution is -0.122. The third kappa shape index (κ3) is 4.74. The van der Waals surface area contributed by atoms with Gasteiger partial charge in [-0.1, -0.05) is 19.1 Å². The van der Waals surface area contributed by atoms with E-state index in [0.29, 0.717) is 34.5 Å². The van der Waals surface area contributed by atoms with Gasteiger partial charge in [-0.05, 0) is 61.5 Å². The van der Waals surface area contributed by atoms with Crippen molar-refractivity contribution in [1.29, 1.82) is 0 Å². The van der Waals surface area contributed by atoms with Gasteiger partial charge in [-0.25, -0.2) is 4.99 Å². The molecule has 0 saturated carbocycles. The third-order valence-corrected chi connectivity index (χ3v) is 5.26. The SMILES string of the molecule is CCCN1C(=O)/C(=C/c2cccc(OCC)c2O)SC1=Nc1ccc(OC)cc1. The highest BCUT2D eigenvalue weighted by Gasteiger charge is 2.33. The molecule has 7 heteroatoms. The number of phenols is 1. The summed E-state index contributed by atoms with van der Waals surface area (Å²) in [5.74, 6) is 1.05. The van der Waals surface area contributed by atoms with Crippen LogP contribution in [0.2, 0.25) is 0 Å². The Morgan fingerprint density at radius 1 is 1.17 bits per heavy atom. The van der Waals surface area contributed by atoms with E-state index < -0.39 is 0 Å². The van der Waals surface area contributed by atoms with Gasteiger partial charge in [-0.15, -0.1) is 0 Å². The molecule has 0 bridgehead atoms. The molecule has 1 N–H and O–H groups in total. The number of para-hydroxylation sites is 1. The fraction of sp³-hybridized carbons (Fsp3) is 0.273. The molecule has 0 aliphatic carbocycles. The van der Waals surface area contributed by atoms with Gasteiger partial charge in [0.15, 0.2) is 16.7 Å². The number of carbonyl (C=O) groups is 1. The molecule has 0 spiro atoms. The fourth-order valence-corrected chi connectivity index (χ4v) is 3.86. The molecule has 2 aromatic carbocycles. The lowest BCUT2D eigenvalue weighted by atomic mass is 10.1. The van der Waals surface area contributed by atoms with Crippen molar-refractivity contribution in [3.63, 3.8) is 0 Å². The normalized spacial score (nSPS) is 16.7. The van der Waals surface area contributed by atoms with Crippen molar-refractivity contribution in [3.8, 4) is 17.2 Å². The largest absolute Gasteiger partial charge is 0.504 e. The average Bonchev–Trinajstić information content (AvgIpc) is 3.01. The first-order valence-electron chi connectivity index (χ1n) is 9.46. The zero-order valence-corrected chi connectivity index (χ0v) is 17.5. The van der Waals surface area contributed by atoms with Gasteiger partial charge < -0.3 is 14.6 Å². The van der Waals surface area contributed by atoms with Crippen LogP contribution in [0.1, 0.15) is 25.8 Å². The van der Waals surface area contributed by atoms with Gasteiger partial charge in [0.2, 0.25) is 0 Å². The van der Waals surface area contributed by atoms with Gasteiger partial charge in [0.1, 0.15) is 5.75 Å². The van der Waals surface area contributed by atoms with Crippen LogP contribution in [-0.2, 0) is 4.79 Å². The standard InChI is InChI=1S/C22H24N2O4S/c1-4-13-24-21(26)19(14-15-7-6-8-18(20(15)25)28-5-2)29-22(24)23-16-9-11-17(27-3)12-10-16/h6-12,14,25H,4-5,13H2,1-3H3/b19-14-,23-22?. The highest BCUT2D eigenvalue weighted by atomic mass is 32.2. The van der Waals surface area contributed by atoms with Gasteiger partial charge in [0.05, 0.1) is 24.3 Å². The van der Waals surface area contributed by atoms with Crippen molar-refractivity contribution in [2.75, 3.05) is 20.3 Å². The summed E-state index contributed by atoms with van der Waals surface area (Å²) in [5, 5.41) is 11.1. The maximum atomic E-state index is 12.9. The number of carbonyl (C=O) groups excluding carboxylic acids is 1. The highest BCUT2D eigenvalue weighted by Crippen LogP contribution is 2.37. The van der Waals surface area contributed by atoms with Crippen LogP contribution in [0, 0.1) is 0 Å². The number of hydrogen-bond acceptors (Lipinski definition) is 6. The summed E-state index contributed by atoms with van der Waals surface area (Å²) in [4.78, 5) is 19.8. The second-order valence-corrected chi connectivity index (χ2v) is 7.30. The molecule has 1 saturated heterocycles. The number of ether oxygens (including phenoxy) is 2. The number of aromatic hydroxyl groups is 1. The van der Waals surface area contributed by atoms with Crippen LogP contribution in [0.5, 0.6) is 17.2 Å². The summed E-state index contributed by atoms with van der Waals surface area (Å²) < 4.78 is 10.6. The van der Waals surface area contributed by atoms with E-state index in [0.717, 1.165) is 17.9 Å². The van der Waals surface area contributed by atoms with Gasteiger partial charge in [-0.2, -0.15) is 0 Å². The van der Waals surface area contributed by atoms with Crippen molar-refractivity contribution in [2.24, 2.45) is 4.99 Å². The van der Waals surface area contributed by atoms with Crippen LogP contribution < -0.4 is 9.47 Å². The van der Waals surface area contributed by atoms with E-state index in [1.54, 1.807) is 36.3 Å². The number of phenolic OH excluding ortho intramolecular Hbond substituents is 1. The first kappa shape index (κ1) is 20.8. The molecule has 1 amide bonds. The summed E-state index contributed by atoms with van der Waals surface area (Å²) >= 11 is 1.30. The number of benzene rings is 2.